The van der Waals surface area contributed by atoms with Gasteiger partial charge in [0, 0.05) is 11.6 Å². The molecule has 1 heterocycles. The molecule has 1 aromatic heterocycles. The summed E-state index contributed by atoms with van der Waals surface area (Å²) in [4.78, 5) is 16.2. The van der Waals surface area contributed by atoms with Crippen molar-refractivity contribution in [3.05, 3.63) is 36.5 Å². The summed E-state index contributed by atoms with van der Waals surface area (Å²) in [6.07, 6.45) is 1.02. The van der Waals surface area contributed by atoms with Gasteiger partial charge in [0.2, 0.25) is 0 Å². The maximum atomic E-state index is 11.9. The summed E-state index contributed by atoms with van der Waals surface area (Å²) in [6.45, 7) is 7.17. The average Bonchev–Trinajstić information content (AvgIpc) is 2.37. The van der Waals surface area contributed by atoms with Crippen molar-refractivity contribution < 1.29 is 14.3 Å². The summed E-state index contributed by atoms with van der Waals surface area (Å²) in [5.74, 6) is 0.201. The number of carbonyl (C=O) groups excluding carboxylic acids is 1. The van der Waals surface area contributed by atoms with Crippen molar-refractivity contribution in [2.24, 2.45) is 0 Å². The molecule has 1 unspecified atom stereocenters. The average molecular weight is 273 g/mol. The molecule has 0 saturated carbocycles. The summed E-state index contributed by atoms with van der Waals surface area (Å²) in [5.41, 5.74) is 0.219. The summed E-state index contributed by atoms with van der Waals surface area (Å²) in [6, 6.07) is 9.45. The van der Waals surface area contributed by atoms with Crippen molar-refractivity contribution in [2.45, 2.75) is 39.4 Å². The zero-order chi connectivity index (χ0) is 14.8. The van der Waals surface area contributed by atoms with Gasteiger partial charge >= 0.3 is 5.97 Å². The Morgan fingerprint density at radius 2 is 1.90 bits per heavy atom. The molecule has 0 fully saturated rings. The Kier molecular flexibility index (Phi) is 3.93. The lowest BCUT2D eigenvalue weighted by molar-refractivity contribution is -0.162. The third-order valence-electron chi connectivity index (χ3n) is 2.64. The molecule has 20 heavy (non-hydrogen) atoms. The monoisotopic (exact) mass is 273 g/mol. The Hall–Kier alpha value is -2.10. The van der Waals surface area contributed by atoms with Gasteiger partial charge in [-0.2, -0.15) is 0 Å². The molecule has 0 amide bonds. The molecule has 1 atom stereocenters. The van der Waals surface area contributed by atoms with E-state index in [2.05, 4.69) is 4.98 Å². The minimum absolute atomic E-state index is 0.384. The number of nitrogens with zero attached hydrogens (tertiary/aromatic N) is 1. The molecule has 0 saturated heterocycles. The first-order chi connectivity index (χ1) is 9.37. The fraction of sp³-hybridized carbons (Fsp3) is 0.375. The summed E-state index contributed by atoms with van der Waals surface area (Å²) in [5, 5.41) is 0.974. The molecular weight excluding hydrogens is 254 g/mol. The number of pyridine rings is 1. The SMILES string of the molecule is CC(Oc1cccc2cccnc12)C(=O)OC(C)(C)C. The van der Waals surface area contributed by atoms with E-state index in [0.29, 0.717) is 5.75 Å². The lowest BCUT2D eigenvalue weighted by Crippen LogP contribution is -2.33. The smallest absolute Gasteiger partial charge is 0.347 e. The van der Waals surface area contributed by atoms with E-state index in [-0.39, 0.29) is 5.97 Å². The largest absolute Gasteiger partial charge is 0.477 e. The van der Waals surface area contributed by atoms with Gasteiger partial charge in [-0.25, -0.2) is 4.79 Å². The van der Waals surface area contributed by atoms with Crippen molar-refractivity contribution in [2.75, 3.05) is 0 Å². The Labute approximate surface area is 118 Å². The third kappa shape index (κ3) is 3.47. The molecule has 106 valence electrons. The highest BCUT2D eigenvalue weighted by Gasteiger charge is 2.23. The Bertz CT molecular complexity index is 611. The number of esters is 1. The van der Waals surface area contributed by atoms with Crippen LogP contribution in [-0.4, -0.2) is 22.7 Å². The van der Waals surface area contributed by atoms with Crippen LogP contribution in [0.3, 0.4) is 0 Å². The lowest BCUT2D eigenvalue weighted by atomic mass is 10.2. The van der Waals surface area contributed by atoms with Crippen molar-refractivity contribution in [1.82, 2.24) is 4.98 Å². The fourth-order valence-corrected chi connectivity index (χ4v) is 1.79. The van der Waals surface area contributed by atoms with Crippen molar-refractivity contribution in [1.29, 1.82) is 0 Å². The number of rotatable bonds is 3. The second-order valence-electron chi connectivity index (χ2n) is 5.62. The zero-order valence-electron chi connectivity index (χ0n) is 12.2. The highest BCUT2D eigenvalue weighted by atomic mass is 16.6. The van der Waals surface area contributed by atoms with E-state index in [0.717, 1.165) is 10.9 Å². The van der Waals surface area contributed by atoms with Gasteiger partial charge in [0.05, 0.1) is 0 Å². The van der Waals surface area contributed by atoms with Crippen LogP contribution < -0.4 is 4.74 Å². The van der Waals surface area contributed by atoms with E-state index in [1.165, 1.54) is 0 Å². The minimum atomic E-state index is -0.679. The summed E-state index contributed by atoms with van der Waals surface area (Å²) in [7, 11) is 0. The van der Waals surface area contributed by atoms with Gasteiger partial charge in [-0.3, -0.25) is 4.98 Å². The molecule has 0 bridgehead atoms. The second kappa shape index (κ2) is 5.49. The Balaban J connectivity index is 2.18. The topological polar surface area (TPSA) is 48.4 Å². The molecule has 0 N–H and O–H groups in total. The Morgan fingerprint density at radius 1 is 1.20 bits per heavy atom. The van der Waals surface area contributed by atoms with Crippen molar-refractivity contribution in [3.8, 4) is 5.75 Å². The molecule has 0 radical (unpaired) electrons. The molecule has 2 rings (SSSR count). The molecule has 0 aliphatic heterocycles. The first kappa shape index (κ1) is 14.3. The molecule has 0 aliphatic rings. The second-order valence-corrected chi connectivity index (χ2v) is 5.62. The molecular formula is C16H19NO3. The predicted octanol–water partition coefficient (Wildman–Crippen LogP) is 3.34. The predicted molar refractivity (Wildman–Crippen MR) is 77.7 cm³/mol. The first-order valence-corrected chi connectivity index (χ1v) is 6.60. The van der Waals surface area contributed by atoms with Gasteiger partial charge < -0.3 is 9.47 Å². The van der Waals surface area contributed by atoms with Gasteiger partial charge in [-0.05, 0) is 39.8 Å². The van der Waals surface area contributed by atoms with Crippen molar-refractivity contribution in [3.63, 3.8) is 0 Å². The normalized spacial score (nSPS) is 13.0. The highest BCUT2D eigenvalue weighted by molar-refractivity contribution is 5.84. The van der Waals surface area contributed by atoms with Gasteiger partial charge in [0.15, 0.2) is 6.10 Å². The van der Waals surface area contributed by atoms with Gasteiger partial charge in [-0.1, -0.05) is 18.2 Å². The van der Waals surface area contributed by atoms with Crippen LogP contribution in [0.2, 0.25) is 0 Å². The number of para-hydroxylation sites is 1. The van der Waals surface area contributed by atoms with E-state index < -0.39 is 11.7 Å². The number of hydrogen-bond acceptors (Lipinski definition) is 4. The van der Waals surface area contributed by atoms with Crippen LogP contribution in [0.1, 0.15) is 27.7 Å². The van der Waals surface area contributed by atoms with Crippen LogP contribution in [0.4, 0.5) is 0 Å². The molecule has 1 aromatic carbocycles. The molecule has 4 heteroatoms. The number of aromatic nitrogens is 1. The summed E-state index contributed by atoms with van der Waals surface area (Å²) >= 11 is 0. The summed E-state index contributed by atoms with van der Waals surface area (Å²) < 4.78 is 11.0. The van der Waals surface area contributed by atoms with E-state index >= 15 is 0 Å². The number of ether oxygens (including phenoxy) is 2. The lowest BCUT2D eigenvalue weighted by Gasteiger charge is -2.22. The Morgan fingerprint density at radius 3 is 2.60 bits per heavy atom. The van der Waals surface area contributed by atoms with Crippen LogP contribution in [0, 0.1) is 0 Å². The molecule has 4 nitrogen and oxygen atoms in total. The molecule has 0 spiro atoms. The van der Waals surface area contributed by atoms with Crippen LogP contribution in [0.25, 0.3) is 10.9 Å². The van der Waals surface area contributed by atoms with Crippen LogP contribution in [0.15, 0.2) is 36.5 Å². The van der Waals surface area contributed by atoms with E-state index in [9.17, 15) is 4.79 Å². The van der Waals surface area contributed by atoms with Crippen molar-refractivity contribution >= 4 is 16.9 Å². The minimum Gasteiger partial charge on any atom is -0.477 e. The number of fused-ring (bicyclic) bond motifs is 1. The van der Waals surface area contributed by atoms with Crippen LogP contribution >= 0.6 is 0 Å². The standard InChI is InChI=1S/C16H19NO3/c1-11(15(18)20-16(2,3)4)19-13-9-5-7-12-8-6-10-17-14(12)13/h5-11H,1-4H3. The first-order valence-electron chi connectivity index (χ1n) is 6.60. The number of benzene rings is 1. The number of carbonyl (C=O) groups is 1. The maximum Gasteiger partial charge on any atom is 0.347 e. The highest BCUT2D eigenvalue weighted by Crippen LogP contribution is 2.24. The zero-order valence-corrected chi connectivity index (χ0v) is 12.2. The fourth-order valence-electron chi connectivity index (χ4n) is 1.79. The quantitative estimate of drug-likeness (QED) is 0.805. The van der Waals surface area contributed by atoms with Gasteiger partial charge in [-0.15, -0.1) is 0 Å². The number of hydrogen-bond donors (Lipinski definition) is 0. The third-order valence-corrected chi connectivity index (χ3v) is 2.64. The van der Waals surface area contributed by atoms with Crippen LogP contribution in [-0.2, 0) is 9.53 Å². The van der Waals surface area contributed by atoms with E-state index in [4.69, 9.17) is 9.47 Å². The van der Waals surface area contributed by atoms with Gasteiger partial charge in [0.25, 0.3) is 0 Å². The van der Waals surface area contributed by atoms with Crippen LogP contribution in [0.5, 0.6) is 5.75 Å². The maximum absolute atomic E-state index is 11.9. The molecule has 2 aromatic rings. The van der Waals surface area contributed by atoms with Gasteiger partial charge in [0.1, 0.15) is 16.9 Å². The van der Waals surface area contributed by atoms with E-state index in [1.807, 2.05) is 45.0 Å². The molecule has 0 aliphatic carbocycles. The van der Waals surface area contributed by atoms with E-state index in [1.54, 1.807) is 19.2 Å².